The summed E-state index contributed by atoms with van der Waals surface area (Å²) in [6.45, 7) is 2.60. The van der Waals surface area contributed by atoms with E-state index in [0.29, 0.717) is 40.6 Å². The van der Waals surface area contributed by atoms with E-state index in [9.17, 15) is 4.79 Å². The van der Waals surface area contributed by atoms with Gasteiger partial charge in [-0.1, -0.05) is 11.6 Å². The molecule has 10 nitrogen and oxygen atoms in total. The van der Waals surface area contributed by atoms with Crippen molar-refractivity contribution < 1.29 is 4.39 Å². The SMILES string of the molecule is CSc1cc(-n2cc3cc(-c4cc(CCC[C@H](C)N)cc(Cl)c4F)[nH]c3nc2=O)cnc1[C@@H]1CCC[C@@H](CCNC(=N)N)N1. The lowest BCUT2D eigenvalue weighted by atomic mass is 9.94. The molecule has 0 spiro atoms. The summed E-state index contributed by atoms with van der Waals surface area (Å²) in [7, 11) is 0. The molecule has 0 saturated carbocycles. The molecular formula is C31H39ClFN9OS. The second-order valence-corrected chi connectivity index (χ2v) is 12.7. The molecule has 0 radical (unpaired) electrons. The molecule has 1 aliphatic rings. The first-order valence-electron chi connectivity index (χ1n) is 14.9. The van der Waals surface area contributed by atoms with Gasteiger partial charge in [0.15, 0.2) is 11.8 Å². The molecule has 234 valence electrons. The molecule has 4 heterocycles. The van der Waals surface area contributed by atoms with Crippen LogP contribution < -0.4 is 27.8 Å². The minimum atomic E-state index is -0.525. The number of piperidine rings is 1. The van der Waals surface area contributed by atoms with Crippen LogP contribution in [0.2, 0.25) is 5.02 Å². The normalized spacial score (nSPS) is 17.6. The van der Waals surface area contributed by atoms with E-state index >= 15 is 4.39 Å². The Morgan fingerprint density at radius 3 is 2.89 bits per heavy atom. The lowest BCUT2D eigenvalue weighted by Gasteiger charge is -2.31. The Labute approximate surface area is 265 Å². The van der Waals surface area contributed by atoms with Crippen LogP contribution in [0, 0.1) is 11.2 Å². The minimum Gasteiger partial charge on any atom is -0.370 e. The van der Waals surface area contributed by atoms with Crippen LogP contribution in [-0.2, 0) is 6.42 Å². The average Bonchev–Trinajstić information content (AvgIpc) is 3.40. The summed E-state index contributed by atoms with van der Waals surface area (Å²) >= 11 is 7.85. The van der Waals surface area contributed by atoms with Gasteiger partial charge in [0.2, 0.25) is 0 Å². The van der Waals surface area contributed by atoms with E-state index in [1.807, 2.05) is 19.2 Å². The third kappa shape index (κ3) is 7.43. The zero-order valence-electron chi connectivity index (χ0n) is 24.9. The Bertz CT molecular complexity index is 1710. The maximum absolute atomic E-state index is 15.2. The monoisotopic (exact) mass is 639 g/mol. The predicted molar refractivity (Wildman–Crippen MR) is 176 cm³/mol. The zero-order valence-corrected chi connectivity index (χ0v) is 26.5. The molecule has 13 heteroatoms. The zero-order chi connectivity index (χ0) is 31.4. The number of rotatable bonds is 11. The van der Waals surface area contributed by atoms with Crippen LogP contribution in [0.25, 0.3) is 28.0 Å². The van der Waals surface area contributed by atoms with Crippen molar-refractivity contribution in [2.45, 2.75) is 74.9 Å². The van der Waals surface area contributed by atoms with Crippen molar-refractivity contribution in [1.29, 1.82) is 5.41 Å². The molecule has 1 aromatic carbocycles. The molecular weight excluding hydrogens is 601 g/mol. The summed E-state index contributed by atoms with van der Waals surface area (Å²) in [5.74, 6) is -0.546. The van der Waals surface area contributed by atoms with Crippen LogP contribution in [0.1, 0.15) is 62.7 Å². The van der Waals surface area contributed by atoms with Gasteiger partial charge in [0.05, 0.1) is 34.3 Å². The molecule has 0 bridgehead atoms. The number of thioether (sulfide) groups is 1. The molecule has 3 atom stereocenters. The first-order chi connectivity index (χ1) is 21.1. The molecule has 0 amide bonds. The van der Waals surface area contributed by atoms with Gasteiger partial charge in [-0.25, -0.2) is 9.18 Å². The highest BCUT2D eigenvalue weighted by Crippen LogP contribution is 2.34. The molecule has 0 aliphatic carbocycles. The fourth-order valence-corrected chi connectivity index (χ4v) is 6.67. The molecule has 1 saturated heterocycles. The van der Waals surface area contributed by atoms with Crippen LogP contribution in [0.4, 0.5) is 4.39 Å². The van der Waals surface area contributed by atoms with Gasteiger partial charge < -0.3 is 27.1 Å². The topological polar surface area (TPSA) is 164 Å². The van der Waals surface area contributed by atoms with Crippen molar-refractivity contribution in [3.8, 4) is 16.9 Å². The van der Waals surface area contributed by atoms with E-state index in [-0.39, 0.29) is 23.1 Å². The third-order valence-electron chi connectivity index (χ3n) is 8.00. The van der Waals surface area contributed by atoms with Gasteiger partial charge in [-0.05, 0) is 88.0 Å². The third-order valence-corrected chi connectivity index (χ3v) is 9.04. The standard InChI is InChI=1S/C31H39ClFN9OS/c1-17(34)5-3-6-18-11-22(27(33)23(32)12-18)25-13-19-16-42(31(43)41-29(19)40-25)21-14-26(44-2)28(38-15-21)24-8-4-7-20(39-24)9-10-37-30(35)36/h11-17,20,24,39H,3-10,34H2,1-2H3,(H4,35,36,37)(H,40,41,43)/t17-,20-,24-/m0/s1. The number of hydrogen-bond donors (Lipinski definition) is 6. The first-order valence-corrected chi connectivity index (χ1v) is 16.5. The number of halogens is 2. The van der Waals surface area contributed by atoms with Gasteiger partial charge in [-0.2, -0.15) is 4.98 Å². The highest BCUT2D eigenvalue weighted by Gasteiger charge is 2.25. The molecule has 1 aliphatic heterocycles. The van der Waals surface area contributed by atoms with Crippen molar-refractivity contribution in [2.75, 3.05) is 12.8 Å². The Balaban J connectivity index is 1.40. The predicted octanol–water partition coefficient (Wildman–Crippen LogP) is 5.02. The number of H-pyrrole nitrogens is 1. The number of benzene rings is 1. The van der Waals surface area contributed by atoms with Gasteiger partial charge in [-0.3, -0.25) is 15.0 Å². The number of nitrogens with one attached hydrogen (secondary N) is 4. The Kier molecular flexibility index (Phi) is 10.2. The second kappa shape index (κ2) is 14.1. The summed E-state index contributed by atoms with van der Waals surface area (Å²) in [5.41, 5.74) is 14.5. The van der Waals surface area contributed by atoms with Gasteiger partial charge in [0, 0.05) is 40.7 Å². The van der Waals surface area contributed by atoms with Crippen LogP contribution in [0.3, 0.4) is 0 Å². The molecule has 5 rings (SSSR count). The van der Waals surface area contributed by atoms with Gasteiger partial charge in [0.1, 0.15) is 5.65 Å². The van der Waals surface area contributed by atoms with Crippen LogP contribution in [-0.4, -0.2) is 50.4 Å². The maximum atomic E-state index is 15.2. The van der Waals surface area contributed by atoms with E-state index in [4.69, 9.17) is 33.5 Å². The fraction of sp³-hybridized carbons (Fsp3) is 0.419. The van der Waals surface area contributed by atoms with Crippen molar-refractivity contribution in [3.05, 3.63) is 69.2 Å². The van der Waals surface area contributed by atoms with Gasteiger partial charge in [0.25, 0.3) is 0 Å². The van der Waals surface area contributed by atoms with E-state index in [1.54, 1.807) is 42.4 Å². The van der Waals surface area contributed by atoms with E-state index in [1.165, 1.54) is 4.57 Å². The number of aryl methyl sites for hydroxylation is 1. The molecule has 4 aromatic rings. The molecule has 1 fully saturated rings. The van der Waals surface area contributed by atoms with Crippen LogP contribution in [0.15, 0.2) is 46.3 Å². The molecule has 0 unspecified atom stereocenters. The van der Waals surface area contributed by atoms with Crippen molar-refractivity contribution >= 4 is 40.4 Å². The number of aromatic amines is 1. The summed E-state index contributed by atoms with van der Waals surface area (Å²) in [6.07, 6.45) is 11.8. The van der Waals surface area contributed by atoms with Crippen LogP contribution >= 0.6 is 23.4 Å². The van der Waals surface area contributed by atoms with Crippen molar-refractivity contribution in [2.24, 2.45) is 11.5 Å². The molecule has 44 heavy (non-hydrogen) atoms. The summed E-state index contributed by atoms with van der Waals surface area (Å²) in [6, 6.07) is 7.66. The number of pyridine rings is 1. The number of nitrogens with zero attached hydrogens (tertiary/aromatic N) is 3. The molecule has 3 aromatic heterocycles. The Hall–Kier alpha value is -3.45. The number of guanidine groups is 1. The Morgan fingerprint density at radius 1 is 1.32 bits per heavy atom. The summed E-state index contributed by atoms with van der Waals surface area (Å²) in [5, 5.41) is 14.6. The average molecular weight is 640 g/mol. The van der Waals surface area contributed by atoms with Crippen molar-refractivity contribution in [1.82, 2.24) is 30.2 Å². The smallest absolute Gasteiger partial charge is 0.354 e. The maximum Gasteiger partial charge on any atom is 0.354 e. The number of nitrogens with two attached hydrogens (primary N) is 2. The van der Waals surface area contributed by atoms with E-state index < -0.39 is 11.5 Å². The lowest BCUT2D eigenvalue weighted by Crippen LogP contribution is -2.41. The van der Waals surface area contributed by atoms with E-state index in [0.717, 1.165) is 61.1 Å². The highest BCUT2D eigenvalue weighted by molar-refractivity contribution is 7.98. The molecule has 8 N–H and O–H groups in total. The number of aromatic nitrogens is 4. The second-order valence-electron chi connectivity index (χ2n) is 11.4. The lowest BCUT2D eigenvalue weighted by molar-refractivity contribution is 0.305. The number of hydrogen-bond acceptors (Lipinski definition) is 7. The largest absolute Gasteiger partial charge is 0.370 e. The summed E-state index contributed by atoms with van der Waals surface area (Å²) < 4.78 is 16.6. The van der Waals surface area contributed by atoms with Crippen LogP contribution in [0.5, 0.6) is 0 Å². The van der Waals surface area contributed by atoms with Gasteiger partial charge >= 0.3 is 5.69 Å². The fourth-order valence-electron chi connectivity index (χ4n) is 5.78. The first kappa shape index (κ1) is 32.0. The number of fused-ring (bicyclic) bond motifs is 1. The minimum absolute atomic E-state index is 0.0207. The summed E-state index contributed by atoms with van der Waals surface area (Å²) in [4.78, 5) is 26.3. The quantitative estimate of drug-likeness (QED) is 0.0757. The van der Waals surface area contributed by atoms with Gasteiger partial charge in [-0.15, -0.1) is 11.8 Å². The highest BCUT2D eigenvalue weighted by atomic mass is 35.5. The van der Waals surface area contributed by atoms with Crippen molar-refractivity contribution in [3.63, 3.8) is 0 Å². The Morgan fingerprint density at radius 2 is 2.14 bits per heavy atom. The van der Waals surface area contributed by atoms with E-state index in [2.05, 4.69) is 20.6 Å².